The maximum atomic E-state index is 12.5. The monoisotopic (exact) mass is 456 g/mol. The van der Waals surface area contributed by atoms with E-state index in [1.54, 1.807) is 6.20 Å². The van der Waals surface area contributed by atoms with Crippen LogP contribution in [0, 0.1) is 0 Å². The van der Waals surface area contributed by atoms with Crippen molar-refractivity contribution in [2.45, 2.75) is 38.8 Å². The van der Waals surface area contributed by atoms with Crippen LogP contribution in [0.15, 0.2) is 59.3 Å². The minimum absolute atomic E-state index is 0.381. The van der Waals surface area contributed by atoms with Crippen molar-refractivity contribution in [2.24, 2.45) is 7.05 Å². The molecule has 6 nitrogen and oxygen atoms in total. The van der Waals surface area contributed by atoms with E-state index < -0.39 is 11.7 Å². The molecule has 1 amide bonds. The molecule has 2 heterocycles. The van der Waals surface area contributed by atoms with Gasteiger partial charge in [-0.1, -0.05) is 34.1 Å². The van der Waals surface area contributed by atoms with Gasteiger partial charge in [-0.05, 0) is 50.6 Å². The fourth-order valence-corrected chi connectivity index (χ4v) is 3.29. The first kappa shape index (κ1) is 21.0. The number of hydrogen-bond acceptors (Lipinski definition) is 4. The van der Waals surface area contributed by atoms with Crippen molar-refractivity contribution in [3.8, 4) is 11.3 Å². The molecule has 0 bridgehead atoms. The number of carbonyl (C=O) groups excluding carboxylic acids is 1. The number of nitrogens with one attached hydrogen (secondary N) is 1. The van der Waals surface area contributed by atoms with E-state index in [0.29, 0.717) is 6.42 Å². The summed E-state index contributed by atoms with van der Waals surface area (Å²) in [5.74, 6) is 0.736. The van der Waals surface area contributed by atoms with Gasteiger partial charge in [-0.15, -0.1) is 0 Å². The number of pyridine rings is 1. The number of amides is 1. The minimum Gasteiger partial charge on any atom is -0.444 e. The number of ether oxygens (including phenoxy) is 1. The zero-order chi connectivity index (χ0) is 21.0. The van der Waals surface area contributed by atoms with E-state index in [0.717, 1.165) is 27.2 Å². The number of carbonyl (C=O) groups is 1. The Morgan fingerprint density at radius 2 is 1.90 bits per heavy atom. The van der Waals surface area contributed by atoms with E-state index in [4.69, 9.17) is 4.74 Å². The smallest absolute Gasteiger partial charge is 0.408 e. The average molecular weight is 457 g/mol. The lowest BCUT2D eigenvalue weighted by Crippen LogP contribution is -2.36. The van der Waals surface area contributed by atoms with Crippen molar-refractivity contribution in [3.63, 3.8) is 0 Å². The molecule has 1 atom stereocenters. The van der Waals surface area contributed by atoms with Gasteiger partial charge in [0, 0.05) is 29.8 Å². The SMILES string of the molecule is Cn1c(-c2ccc(Br)cc2)cnc1C(Cc1ccccn1)NC(=O)OC(C)(C)C. The van der Waals surface area contributed by atoms with E-state index >= 15 is 0 Å². The summed E-state index contributed by atoms with van der Waals surface area (Å²) in [5.41, 5.74) is 2.29. The highest BCUT2D eigenvalue weighted by Crippen LogP contribution is 2.26. The lowest BCUT2D eigenvalue weighted by Gasteiger charge is -2.23. The van der Waals surface area contributed by atoms with Crippen molar-refractivity contribution in [1.82, 2.24) is 19.9 Å². The van der Waals surface area contributed by atoms with Gasteiger partial charge < -0.3 is 14.6 Å². The molecular weight excluding hydrogens is 432 g/mol. The number of halogens is 1. The number of nitrogens with zero attached hydrogens (tertiary/aromatic N) is 3. The predicted octanol–water partition coefficient (Wildman–Crippen LogP) is 5.05. The maximum Gasteiger partial charge on any atom is 0.408 e. The van der Waals surface area contributed by atoms with Crippen molar-refractivity contribution >= 4 is 22.0 Å². The predicted molar refractivity (Wildman–Crippen MR) is 116 cm³/mol. The van der Waals surface area contributed by atoms with E-state index in [9.17, 15) is 4.79 Å². The minimum atomic E-state index is -0.580. The Bertz CT molecular complexity index is 963. The molecule has 29 heavy (non-hydrogen) atoms. The van der Waals surface area contributed by atoms with Crippen LogP contribution in [-0.2, 0) is 18.2 Å². The van der Waals surface area contributed by atoms with Crippen LogP contribution in [0.25, 0.3) is 11.3 Å². The second-order valence-corrected chi connectivity index (χ2v) is 8.71. The summed E-state index contributed by atoms with van der Waals surface area (Å²) in [6, 6.07) is 13.4. The molecule has 0 spiro atoms. The Morgan fingerprint density at radius 1 is 1.17 bits per heavy atom. The van der Waals surface area contributed by atoms with Gasteiger partial charge >= 0.3 is 6.09 Å². The number of alkyl carbamates (subject to hydrolysis) is 1. The van der Waals surface area contributed by atoms with E-state index in [2.05, 4.69) is 31.2 Å². The van der Waals surface area contributed by atoms with Crippen LogP contribution in [0.3, 0.4) is 0 Å². The Balaban J connectivity index is 1.91. The Kier molecular flexibility index (Phi) is 6.37. The zero-order valence-corrected chi connectivity index (χ0v) is 18.6. The Labute approximate surface area is 179 Å². The fraction of sp³-hybridized carbons (Fsp3) is 0.318. The second kappa shape index (κ2) is 8.78. The highest BCUT2D eigenvalue weighted by molar-refractivity contribution is 9.10. The molecule has 3 rings (SSSR count). The molecule has 0 aliphatic heterocycles. The van der Waals surface area contributed by atoms with Gasteiger partial charge in [0.1, 0.15) is 11.4 Å². The molecule has 1 unspecified atom stereocenters. The molecule has 7 heteroatoms. The Morgan fingerprint density at radius 3 is 2.52 bits per heavy atom. The van der Waals surface area contributed by atoms with Gasteiger partial charge in [-0.25, -0.2) is 9.78 Å². The lowest BCUT2D eigenvalue weighted by atomic mass is 10.1. The topological polar surface area (TPSA) is 69.0 Å². The molecule has 1 N–H and O–H groups in total. The van der Waals surface area contributed by atoms with Crippen LogP contribution in [0.5, 0.6) is 0 Å². The summed E-state index contributed by atoms with van der Waals surface area (Å²) >= 11 is 3.46. The quantitative estimate of drug-likeness (QED) is 0.582. The summed E-state index contributed by atoms with van der Waals surface area (Å²) in [4.78, 5) is 21.5. The van der Waals surface area contributed by atoms with Crippen molar-refractivity contribution in [2.75, 3.05) is 0 Å². The summed E-state index contributed by atoms with van der Waals surface area (Å²) in [6.45, 7) is 5.52. The van der Waals surface area contributed by atoms with Crippen LogP contribution in [0.4, 0.5) is 4.79 Å². The van der Waals surface area contributed by atoms with Crippen LogP contribution in [-0.4, -0.2) is 26.2 Å². The third kappa shape index (κ3) is 5.67. The van der Waals surface area contributed by atoms with Gasteiger partial charge in [-0.3, -0.25) is 4.98 Å². The fourth-order valence-electron chi connectivity index (χ4n) is 3.02. The third-order valence-corrected chi connectivity index (χ3v) is 4.83. The van der Waals surface area contributed by atoms with Gasteiger partial charge in [0.15, 0.2) is 0 Å². The first-order valence-corrected chi connectivity index (χ1v) is 10.2. The molecule has 3 aromatic rings. The molecule has 0 saturated heterocycles. The highest BCUT2D eigenvalue weighted by Gasteiger charge is 2.25. The lowest BCUT2D eigenvalue weighted by molar-refractivity contribution is 0.0500. The van der Waals surface area contributed by atoms with E-state index in [1.807, 2.05) is 81.0 Å². The second-order valence-electron chi connectivity index (χ2n) is 7.79. The number of benzene rings is 1. The van der Waals surface area contributed by atoms with Gasteiger partial charge in [-0.2, -0.15) is 0 Å². The molecule has 0 fully saturated rings. The summed E-state index contributed by atoms with van der Waals surface area (Å²) in [5, 5.41) is 2.96. The van der Waals surface area contributed by atoms with Gasteiger partial charge in [0.25, 0.3) is 0 Å². The van der Waals surface area contributed by atoms with E-state index in [-0.39, 0.29) is 6.04 Å². The molecule has 0 aliphatic rings. The highest BCUT2D eigenvalue weighted by atomic mass is 79.9. The van der Waals surface area contributed by atoms with Crippen LogP contribution in [0.2, 0.25) is 0 Å². The van der Waals surface area contributed by atoms with Crippen LogP contribution < -0.4 is 5.32 Å². The zero-order valence-electron chi connectivity index (χ0n) is 17.0. The summed E-state index contributed by atoms with van der Waals surface area (Å²) in [6.07, 6.45) is 3.59. The van der Waals surface area contributed by atoms with E-state index in [1.165, 1.54) is 0 Å². The van der Waals surface area contributed by atoms with Crippen molar-refractivity contribution in [1.29, 1.82) is 0 Å². The Hall–Kier alpha value is -2.67. The molecule has 1 aromatic carbocycles. The normalized spacial score (nSPS) is 12.4. The molecule has 0 radical (unpaired) electrons. The average Bonchev–Trinajstić information content (AvgIpc) is 3.02. The van der Waals surface area contributed by atoms with Crippen molar-refractivity contribution in [3.05, 3.63) is 70.8 Å². The van der Waals surface area contributed by atoms with Crippen LogP contribution in [0.1, 0.15) is 38.3 Å². The first-order chi connectivity index (χ1) is 13.7. The summed E-state index contributed by atoms with van der Waals surface area (Å²) in [7, 11) is 1.95. The number of hydrogen-bond donors (Lipinski definition) is 1. The summed E-state index contributed by atoms with van der Waals surface area (Å²) < 4.78 is 8.47. The molecule has 0 saturated carbocycles. The molecule has 152 valence electrons. The maximum absolute atomic E-state index is 12.5. The first-order valence-electron chi connectivity index (χ1n) is 9.40. The van der Waals surface area contributed by atoms with Gasteiger partial charge in [0.2, 0.25) is 0 Å². The standard InChI is InChI=1S/C22H25BrN4O2/c1-22(2,3)29-21(28)26-18(13-17-7-5-6-12-24-17)20-25-14-19(27(20)4)15-8-10-16(23)11-9-15/h5-12,14,18H,13H2,1-4H3,(H,26,28). The molecule has 2 aromatic heterocycles. The van der Waals surface area contributed by atoms with Crippen molar-refractivity contribution < 1.29 is 9.53 Å². The molecular formula is C22H25BrN4O2. The third-order valence-electron chi connectivity index (χ3n) is 4.31. The number of aromatic nitrogens is 3. The van der Waals surface area contributed by atoms with Gasteiger partial charge in [0.05, 0.1) is 17.9 Å². The molecule has 0 aliphatic carbocycles. The number of imidazole rings is 1. The van der Waals surface area contributed by atoms with Crippen LogP contribution >= 0.6 is 15.9 Å². The number of rotatable bonds is 5. The largest absolute Gasteiger partial charge is 0.444 e.